The highest BCUT2D eigenvalue weighted by molar-refractivity contribution is 7.89. The van der Waals surface area contributed by atoms with Gasteiger partial charge >= 0.3 is 0 Å². The molecule has 0 aromatic carbocycles. The Balaban J connectivity index is 2.19. The summed E-state index contributed by atoms with van der Waals surface area (Å²) in [6.45, 7) is 0. The molecular formula is C9H15N3O2S. The van der Waals surface area contributed by atoms with Crippen LogP contribution in [0.25, 0.3) is 0 Å². The van der Waals surface area contributed by atoms with Crippen LogP contribution in [0.3, 0.4) is 0 Å². The molecule has 0 atom stereocenters. The molecule has 5 nitrogen and oxygen atoms in total. The Labute approximate surface area is 89.5 Å². The van der Waals surface area contributed by atoms with Crippen molar-refractivity contribution in [1.29, 1.82) is 0 Å². The summed E-state index contributed by atoms with van der Waals surface area (Å²) >= 11 is 0. The minimum Gasteiger partial charge on any atom is -0.205 e. The van der Waals surface area contributed by atoms with E-state index in [0.717, 1.165) is 28.9 Å². The van der Waals surface area contributed by atoms with Gasteiger partial charge in [-0.1, -0.05) is 24.5 Å². The molecule has 1 heterocycles. The second kappa shape index (κ2) is 3.92. The molecule has 1 fully saturated rings. The maximum absolute atomic E-state index is 11.2. The Morgan fingerprint density at radius 3 is 2.53 bits per heavy atom. The molecule has 1 aliphatic rings. The highest BCUT2D eigenvalue weighted by Gasteiger charge is 2.20. The average Bonchev–Trinajstić information content (AvgIpc) is 2.67. The van der Waals surface area contributed by atoms with Crippen LogP contribution in [0.15, 0.2) is 6.20 Å². The Hall–Kier alpha value is -0.910. The highest BCUT2D eigenvalue weighted by atomic mass is 32.2. The topological polar surface area (TPSA) is 64.8 Å². The summed E-state index contributed by atoms with van der Waals surface area (Å²) in [6.07, 6.45) is 8.56. The van der Waals surface area contributed by atoms with Crippen LogP contribution >= 0.6 is 0 Å². The fraction of sp³-hybridized carbons (Fsp3) is 0.778. The van der Waals surface area contributed by atoms with Crippen molar-refractivity contribution in [3.63, 3.8) is 0 Å². The van der Waals surface area contributed by atoms with Crippen LogP contribution in [-0.4, -0.2) is 29.1 Å². The molecule has 0 N–H and O–H groups in total. The van der Waals surface area contributed by atoms with Crippen LogP contribution in [0.5, 0.6) is 0 Å². The van der Waals surface area contributed by atoms with Crippen LogP contribution in [0, 0.1) is 0 Å². The quantitative estimate of drug-likeness (QED) is 0.762. The molecule has 2 rings (SSSR count). The largest absolute Gasteiger partial charge is 0.252 e. The first-order valence-corrected chi connectivity index (χ1v) is 7.05. The molecule has 1 aliphatic carbocycles. The second-order valence-corrected chi connectivity index (χ2v) is 5.95. The highest BCUT2D eigenvalue weighted by Crippen LogP contribution is 2.31. The van der Waals surface area contributed by atoms with Gasteiger partial charge in [0.2, 0.25) is 0 Å². The molecular weight excluding hydrogens is 214 g/mol. The summed E-state index contributed by atoms with van der Waals surface area (Å²) in [5, 5.41) is 7.58. The predicted octanol–water partition coefficient (Wildman–Crippen LogP) is 1.13. The first-order valence-electron chi connectivity index (χ1n) is 5.20. The predicted molar refractivity (Wildman–Crippen MR) is 56.1 cm³/mol. The van der Waals surface area contributed by atoms with Crippen LogP contribution in [0.4, 0.5) is 0 Å². The molecule has 1 aromatic heterocycles. The summed E-state index contributed by atoms with van der Waals surface area (Å²) in [4.78, 5) is 0. The molecule has 0 bridgehead atoms. The van der Waals surface area contributed by atoms with Gasteiger partial charge < -0.3 is 0 Å². The lowest BCUT2D eigenvalue weighted by molar-refractivity contribution is 0.436. The number of aromatic nitrogens is 3. The van der Waals surface area contributed by atoms with Crippen molar-refractivity contribution in [2.45, 2.75) is 38.0 Å². The number of nitrogens with zero attached hydrogens (tertiary/aromatic N) is 3. The maximum Gasteiger partial charge on any atom is 0.252 e. The maximum atomic E-state index is 11.2. The van der Waals surface area contributed by atoms with E-state index in [0.29, 0.717) is 5.92 Å². The molecule has 84 valence electrons. The third-order valence-corrected chi connectivity index (χ3v) is 3.71. The van der Waals surface area contributed by atoms with Gasteiger partial charge in [-0.25, -0.2) is 8.42 Å². The summed E-state index contributed by atoms with van der Waals surface area (Å²) in [5.74, 6) is 0.397. The summed E-state index contributed by atoms with van der Waals surface area (Å²) in [6, 6.07) is 0. The zero-order valence-electron chi connectivity index (χ0n) is 8.76. The van der Waals surface area contributed by atoms with Gasteiger partial charge in [-0.05, 0) is 12.8 Å². The fourth-order valence-corrected chi connectivity index (χ4v) is 2.48. The zero-order valence-corrected chi connectivity index (χ0v) is 9.57. The first-order chi connectivity index (χ1) is 7.07. The Kier molecular flexibility index (Phi) is 2.77. The monoisotopic (exact) mass is 229 g/mol. The van der Waals surface area contributed by atoms with E-state index in [4.69, 9.17) is 0 Å². The van der Waals surface area contributed by atoms with Crippen molar-refractivity contribution in [3.8, 4) is 0 Å². The van der Waals surface area contributed by atoms with E-state index >= 15 is 0 Å². The van der Waals surface area contributed by atoms with Crippen molar-refractivity contribution < 1.29 is 8.42 Å². The van der Waals surface area contributed by atoms with Gasteiger partial charge in [-0.2, -0.15) is 0 Å². The van der Waals surface area contributed by atoms with E-state index in [-0.39, 0.29) is 0 Å². The zero-order chi connectivity index (χ0) is 10.9. The number of hydrogen-bond acceptors (Lipinski definition) is 4. The Morgan fingerprint density at radius 2 is 2.00 bits per heavy atom. The van der Waals surface area contributed by atoms with Gasteiger partial charge in [0, 0.05) is 5.92 Å². The summed E-state index contributed by atoms with van der Waals surface area (Å²) in [7, 11) is -3.28. The molecule has 0 radical (unpaired) electrons. The molecule has 0 amide bonds. The van der Waals surface area contributed by atoms with Crippen LogP contribution in [0.2, 0.25) is 0 Å². The van der Waals surface area contributed by atoms with Crippen molar-refractivity contribution in [1.82, 2.24) is 14.4 Å². The van der Waals surface area contributed by atoms with Crippen LogP contribution in [0.1, 0.15) is 43.7 Å². The third kappa shape index (κ3) is 2.37. The van der Waals surface area contributed by atoms with Crippen molar-refractivity contribution in [2.24, 2.45) is 0 Å². The molecule has 6 heteroatoms. The lowest BCUT2D eigenvalue weighted by atomic mass is 9.87. The molecule has 15 heavy (non-hydrogen) atoms. The number of hydrogen-bond donors (Lipinski definition) is 0. The smallest absolute Gasteiger partial charge is 0.205 e. The van der Waals surface area contributed by atoms with Gasteiger partial charge in [-0.3, -0.25) is 0 Å². The molecule has 0 aliphatic heterocycles. The van der Waals surface area contributed by atoms with Crippen molar-refractivity contribution in [2.75, 3.05) is 6.26 Å². The average molecular weight is 229 g/mol. The molecule has 0 saturated heterocycles. The standard InChI is InChI=1S/C9H15N3O2S/c1-15(13,14)12-7-9(10-11-12)8-5-3-2-4-6-8/h7-8H,2-6H2,1H3. The van der Waals surface area contributed by atoms with Crippen LogP contribution < -0.4 is 0 Å². The third-order valence-electron chi connectivity index (χ3n) is 2.85. The fourth-order valence-electron chi connectivity index (χ4n) is 2.01. The summed E-state index contributed by atoms with van der Waals surface area (Å²) in [5.41, 5.74) is 0.820. The molecule has 0 spiro atoms. The van der Waals surface area contributed by atoms with Gasteiger partial charge in [0.25, 0.3) is 10.0 Å². The normalized spacial score (nSPS) is 19.3. The summed E-state index contributed by atoms with van der Waals surface area (Å²) < 4.78 is 23.3. The lowest BCUT2D eigenvalue weighted by Gasteiger charge is -2.18. The van der Waals surface area contributed by atoms with Gasteiger partial charge in [0.15, 0.2) is 0 Å². The van der Waals surface area contributed by atoms with Crippen LogP contribution in [-0.2, 0) is 10.0 Å². The van der Waals surface area contributed by atoms with Gasteiger partial charge in [0.05, 0.1) is 18.1 Å². The SMILES string of the molecule is CS(=O)(=O)n1cc(C2CCCCC2)nn1. The minimum absolute atomic E-state index is 0.397. The van der Waals surface area contributed by atoms with E-state index in [1.165, 1.54) is 19.3 Å². The van der Waals surface area contributed by atoms with E-state index in [9.17, 15) is 8.42 Å². The Bertz CT molecular complexity index is 432. The van der Waals surface area contributed by atoms with E-state index in [1.54, 1.807) is 6.20 Å². The molecule has 1 saturated carbocycles. The second-order valence-electron chi connectivity index (χ2n) is 4.11. The van der Waals surface area contributed by atoms with E-state index in [1.807, 2.05) is 0 Å². The lowest BCUT2D eigenvalue weighted by Crippen LogP contribution is -2.10. The first kappa shape index (κ1) is 10.6. The Morgan fingerprint density at radius 1 is 1.33 bits per heavy atom. The van der Waals surface area contributed by atoms with Crippen molar-refractivity contribution >= 4 is 10.0 Å². The van der Waals surface area contributed by atoms with Crippen molar-refractivity contribution in [3.05, 3.63) is 11.9 Å². The van der Waals surface area contributed by atoms with E-state index < -0.39 is 10.0 Å². The van der Waals surface area contributed by atoms with Gasteiger partial charge in [-0.15, -0.1) is 9.19 Å². The molecule has 0 unspecified atom stereocenters. The minimum atomic E-state index is -3.28. The molecule has 1 aromatic rings. The number of rotatable bonds is 2. The van der Waals surface area contributed by atoms with Gasteiger partial charge in [0.1, 0.15) is 0 Å². The van der Waals surface area contributed by atoms with E-state index in [2.05, 4.69) is 10.3 Å².